The van der Waals surface area contributed by atoms with Gasteiger partial charge in [-0.2, -0.15) is 0 Å². The van der Waals surface area contributed by atoms with Crippen molar-refractivity contribution in [2.75, 3.05) is 26.2 Å². The Kier molecular flexibility index (Phi) is 6.21. The highest BCUT2D eigenvalue weighted by Crippen LogP contribution is 2.22. The summed E-state index contributed by atoms with van der Waals surface area (Å²) >= 11 is 0. The number of amides is 1. The molecule has 1 aromatic rings. The van der Waals surface area contributed by atoms with Gasteiger partial charge in [0, 0.05) is 19.6 Å². The predicted molar refractivity (Wildman–Crippen MR) is 84.1 cm³/mol. The van der Waals surface area contributed by atoms with Gasteiger partial charge in [0.25, 0.3) is 5.91 Å². The number of morpholine rings is 1. The Morgan fingerprint density at radius 1 is 1.43 bits per heavy atom. The average molecular weight is 290 g/mol. The second kappa shape index (κ2) is 8.15. The van der Waals surface area contributed by atoms with E-state index in [0.717, 1.165) is 25.9 Å². The predicted octanol–water partition coefficient (Wildman–Crippen LogP) is 2.36. The molecule has 1 aromatic carbocycles. The van der Waals surface area contributed by atoms with Crippen LogP contribution in [0.2, 0.25) is 0 Å². The van der Waals surface area contributed by atoms with Crippen LogP contribution in [-0.4, -0.2) is 43.2 Å². The Labute approximate surface area is 127 Å². The van der Waals surface area contributed by atoms with Gasteiger partial charge < -0.3 is 15.0 Å². The van der Waals surface area contributed by atoms with E-state index in [2.05, 4.69) is 31.3 Å². The Morgan fingerprint density at radius 2 is 2.19 bits per heavy atom. The first-order chi connectivity index (χ1) is 10.2. The van der Waals surface area contributed by atoms with Gasteiger partial charge in [-0.05, 0) is 18.9 Å². The van der Waals surface area contributed by atoms with Gasteiger partial charge in [0.05, 0.1) is 12.6 Å². The molecule has 1 amide bonds. The SMILES string of the molecule is CCCCN(C(=O)C1CNCCO1)C(C)c1ccccc1. The van der Waals surface area contributed by atoms with E-state index in [1.165, 1.54) is 5.56 Å². The van der Waals surface area contributed by atoms with Gasteiger partial charge in [0.2, 0.25) is 0 Å². The van der Waals surface area contributed by atoms with E-state index in [1.54, 1.807) is 0 Å². The molecule has 1 fully saturated rings. The van der Waals surface area contributed by atoms with Crippen LogP contribution in [0.3, 0.4) is 0 Å². The average Bonchev–Trinajstić information content (AvgIpc) is 2.56. The molecular weight excluding hydrogens is 264 g/mol. The van der Waals surface area contributed by atoms with E-state index >= 15 is 0 Å². The Balaban J connectivity index is 2.10. The minimum atomic E-state index is -0.346. The molecule has 0 saturated carbocycles. The number of hydrogen-bond acceptors (Lipinski definition) is 3. The molecule has 1 aliphatic heterocycles. The van der Waals surface area contributed by atoms with Crippen LogP contribution in [0.25, 0.3) is 0 Å². The minimum absolute atomic E-state index is 0.0794. The fraction of sp³-hybridized carbons (Fsp3) is 0.588. The molecule has 2 atom stereocenters. The molecular formula is C17H26N2O2. The third-order valence-electron chi connectivity index (χ3n) is 3.99. The van der Waals surface area contributed by atoms with Crippen LogP contribution in [-0.2, 0) is 9.53 Å². The molecule has 2 unspecified atom stereocenters. The van der Waals surface area contributed by atoms with Crippen molar-refractivity contribution >= 4 is 5.91 Å². The van der Waals surface area contributed by atoms with Crippen molar-refractivity contribution in [3.8, 4) is 0 Å². The lowest BCUT2D eigenvalue weighted by atomic mass is 10.1. The zero-order chi connectivity index (χ0) is 15.1. The zero-order valence-electron chi connectivity index (χ0n) is 13.0. The number of rotatable bonds is 6. The van der Waals surface area contributed by atoms with Gasteiger partial charge in [-0.15, -0.1) is 0 Å². The van der Waals surface area contributed by atoms with Gasteiger partial charge in [0.15, 0.2) is 0 Å². The molecule has 2 rings (SSSR count). The van der Waals surface area contributed by atoms with Crippen molar-refractivity contribution in [3.63, 3.8) is 0 Å². The molecule has 4 heteroatoms. The third kappa shape index (κ3) is 4.29. The van der Waals surface area contributed by atoms with E-state index in [1.807, 2.05) is 23.1 Å². The van der Waals surface area contributed by atoms with Crippen LogP contribution in [0, 0.1) is 0 Å². The summed E-state index contributed by atoms with van der Waals surface area (Å²) < 4.78 is 5.63. The number of unbranched alkanes of at least 4 members (excludes halogenated alkanes) is 1. The van der Waals surface area contributed by atoms with Crippen LogP contribution in [0.5, 0.6) is 0 Å². The summed E-state index contributed by atoms with van der Waals surface area (Å²) in [5.74, 6) is 0.104. The fourth-order valence-corrected chi connectivity index (χ4v) is 2.64. The maximum absolute atomic E-state index is 12.8. The van der Waals surface area contributed by atoms with Crippen LogP contribution in [0.1, 0.15) is 38.3 Å². The quantitative estimate of drug-likeness (QED) is 0.874. The van der Waals surface area contributed by atoms with Crippen molar-refractivity contribution in [3.05, 3.63) is 35.9 Å². The van der Waals surface area contributed by atoms with Gasteiger partial charge in [0.1, 0.15) is 6.10 Å². The number of benzene rings is 1. The maximum atomic E-state index is 12.8. The summed E-state index contributed by atoms with van der Waals surface area (Å²) in [4.78, 5) is 14.7. The minimum Gasteiger partial charge on any atom is -0.366 e. The summed E-state index contributed by atoms with van der Waals surface area (Å²) in [6.45, 7) is 7.08. The molecule has 0 bridgehead atoms. The largest absolute Gasteiger partial charge is 0.366 e. The van der Waals surface area contributed by atoms with Crippen molar-refractivity contribution in [1.82, 2.24) is 10.2 Å². The number of nitrogens with one attached hydrogen (secondary N) is 1. The van der Waals surface area contributed by atoms with Crippen LogP contribution in [0.4, 0.5) is 0 Å². The van der Waals surface area contributed by atoms with Gasteiger partial charge in [-0.3, -0.25) is 4.79 Å². The number of hydrogen-bond donors (Lipinski definition) is 1. The van der Waals surface area contributed by atoms with Crippen molar-refractivity contribution in [1.29, 1.82) is 0 Å². The van der Waals surface area contributed by atoms with E-state index in [4.69, 9.17) is 4.74 Å². The number of ether oxygens (including phenoxy) is 1. The van der Waals surface area contributed by atoms with Crippen LogP contribution in [0.15, 0.2) is 30.3 Å². The molecule has 1 aliphatic rings. The van der Waals surface area contributed by atoms with E-state index < -0.39 is 0 Å². The molecule has 1 N–H and O–H groups in total. The molecule has 1 saturated heterocycles. The molecule has 4 nitrogen and oxygen atoms in total. The lowest BCUT2D eigenvalue weighted by molar-refractivity contribution is -0.147. The maximum Gasteiger partial charge on any atom is 0.253 e. The first-order valence-electron chi connectivity index (χ1n) is 7.91. The lowest BCUT2D eigenvalue weighted by Gasteiger charge is -2.34. The van der Waals surface area contributed by atoms with Crippen LogP contribution >= 0.6 is 0 Å². The lowest BCUT2D eigenvalue weighted by Crippen LogP contribution is -2.50. The zero-order valence-corrected chi connectivity index (χ0v) is 13.0. The van der Waals surface area contributed by atoms with Gasteiger partial charge >= 0.3 is 0 Å². The Hall–Kier alpha value is -1.39. The highest BCUT2D eigenvalue weighted by atomic mass is 16.5. The Bertz CT molecular complexity index is 430. The number of nitrogens with zero attached hydrogens (tertiary/aromatic N) is 1. The second-order valence-corrected chi connectivity index (χ2v) is 5.54. The molecule has 21 heavy (non-hydrogen) atoms. The molecule has 116 valence electrons. The number of carbonyl (C=O) groups excluding carboxylic acids is 1. The monoisotopic (exact) mass is 290 g/mol. The summed E-state index contributed by atoms with van der Waals surface area (Å²) in [6, 6.07) is 10.3. The van der Waals surface area contributed by atoms with Crippen molar-refractivity contribution in [2.24, 2.45) is 0 Å². The highest BCUT2D eigenvalue weighted by molar-refractivity contribution is 5.81. The standard InChI is InChI=1S/C17H26N2O2/c1-3-4-11-19(14(2)15-8-6-5-7-9-15)17(20)16-13-18-10-12-21-16/h5-9,14,16,18H,3-4,10-13H2,1-2H3. The number of carbonyl (C=O) groups is 1. The summed E-state index contributed by atoms with van der Waals surface area (Å²) in [5.41, 5.74) is 1.17. The Morgan fingerprint density at radius 3 is 2.81 bits per heavy atom. The smallest absolute Gasteiger partial charge is 0.253 e. The topological polar surface area (TPSA) is 41.6 Å². The van der Waals surface area contributed by atoms with Gasteiger partial charge in [-0.1, -0.05) is 43.7 Å². The first kappa shape index (κ1) is 16.0. The van der Waals surface area contributed by atoms with E-state index in [9.17, 15) is 4.79 Å². The van der Waals surface area contributed by atoms with E-state index in [0.29, 0.717) is 13.2 Å². The van der Waals surface area contributed by atoms with E-state index in [-0.39, 0.29) is 18.1 Å². The van der Waals surface area contributed by atoms with Crippen molar-refractivity contribution in [2.45, 2.75) is 38.8 Å². The van der Waals surface area contributed by atoms with Crippen molar-refractivity contribution < 1.29 is 9.53 Å². The molecule has 0 aromatic heterocycles. The van der Waals surface area contributed by atoms with Crippen LogP contribution < -0.4 is 5.32 Å². The first-order valence-corrected chi connectivity index (χ1v) is 7.91. The third-order valence-corrected chi connectivity index (χ3v) is 3.99. The molecule has 1 heterocycles. The molecule has 0 radical (unpaired) electrons. The highest BCUT2D eigenvalue weighted by Gasteiger charge is 2.29. The van der Waals surface area contributed by atoms with Gasteiger partial charge in [-0.25, -0.2) is 0 Å². The molecule has 0 spiro atoms. The summed E-state index contributed by atoms with van der Waals surface area (Å²) in [6.07, 6.45) is 1.75. The fourth-order valence-electron chi connectivity index (χ4n) is 2.64. The second-order valence-electron chi connectivity index (χ2n) is 5.54. The molecule has 0 aliphatic carbocycles. The normalized spacial score (nSPS) is 20.0. The summed E-state index contributed by atoms with van der Waals surface area (Å²) in [7, 11) is 0. The summed E-state index contributed by atoms with van der Waals surface area (Å²) in [5, 5.41) is 3.23.